The van der Waals surface area contributed by atoms with E-state index >= 15 is 0 Å². The molecule has 0 N–H and O–H groups in total. The Morgan fingerprint density at radius 1 is 0.920 bits per heavy atom. The second-order valence-electron chi connectivity index (χ2n) is 6.32. The van der Waals surface area contributed by atoms with Crippen molar-refractivity contribution in [2.45, 2.75) is 13.0 Å². The molecule has 0 radical (unpaired) electrons. The monoisotopic (exact) mass is 341 g/mol. The number of hydrogen-bond acceptors (Lipinski definition) is 5. The van der Waals surface area contributed by atoms with E-state index in [1.165, 1.54) is 0 Å². The fourth-order valence-corrected chi connectivity index (χ4v) is 3.04. The summed E-state index contributed by atoms with van der Waals surface area (Å²) in [7, 11) is 1.67. The maximum absolute atomic E-state index is 5.80. The molecule has 1 aromatic heterocycles. The van der Waals surface area contributed by atoms with Crippen molar-refractivity contribution < 1.29 is 9.47 Å². The number of rotatable bonds is 8. The molecule has 2 heterocycles. The molecular formula is C20H27N3O2. The molecule has 0 atom stereocenters. The normalized spacial score (nSPS) is 15.9. The molecule has 0 bridgehead atoms. The zero-order valence-electron chi connectivity index (χ0n) is 14.9. The Hall–Kier alpha value is -2.11. The fraction of sp³-hybridized carbons (Fsp3) is 0.450. The van der Waals surface area contributed by atoms with Gasteiger partial charge in [-0.05, 0) is 42.8 Å². The van der Waals surface area contributed by atoms with Gasteiger partial charge >= 0.3 is 0 Å². The number of piperazine rings is 1. The summed E-state index contributed by atoms with van der Waals surface area (Å²) in [6, 6.07) is 13.9. The van der Waals surface area contributed by atoms with Crippen LogP contribution in [0.2, 0.25) is 0 Å². The van der Waals surface area contributed by atoms with E-state index in [0.29, 0.717) is 0 Å². The van der Waals surface area contributed by atoms with Crippen molar-refractivity contribution in [3.8, 4) is 11.5 Å². The highest BCUT2D eigenvalue weighted by Gasteiger charge is 2.16. The number of methoxy groups -OCH3 is 1. The van der Waals surface area contributed by atoms with Crippen molar-refractivity contribution in [3.63, 3.8) is 0 Å². The number of benzene rings is 1. The minimum absolute atomic E-state index is 0.750. The van der Waals surface area contributed by atoms with E-state index < -0.39 is 0 Å². The molecule has 2 aromatic rings. The maximum Gasteiger partial charge on any atom is 0.119 e. The third-order valence-electron chi connectivity index (χ3n) is 4.52. The van der Waals surface area contributed by atoms with E-state index in [9.17, 15) is 0 Å². The number of hydrogen-bond donors (Lipinski definition) is 0. The second-order valence-corrected chi connectivity index (χ2v) is 6.32. The van der Waals surface area contributed by atoms with E-state index in [2.05, 4.69) is 26.9 Å². The molecule has 1 saturated heterocycles. The highest BCUT2D eigenvalue weighted by atomic mass is 16.5. The Labute approximate surface area is 150 Å². The molecule has 134 valence electrons. The third-order valence-corrected chi connectivity index (χ3v) is 4.52. The summed E-state index contributed by atoms with van der Waals surface area (Å²) >= 11 is 0. The van der Waals surface area contributed by atoms with E-state index in [0.717, 1.165) is 69.5 Å². The molecule has 0 saturated carbocycles. The average molecular weight is 341 g/mol. The zero-order chi connectivity index (χ0) is 17.3. The van der Waals surface area contributed by atoms with Crippen LogP contribution in [-0.2, 0) is 6.54 Å². The van der Waals surface area contributed by atoms with E-state index in [1.54, 1.807) is 7.11 Å². The van der Waals surface area contributed by atoms with Gasteiger partial charge < -0.3 is 14.4 Å². The first-order valence-corrected chi connectivity index (χ1v) is 8.95. The van der Waals surface area contributed by atoms with Crippen molar-refractivity contribution in [3.05, 3.63) is 54.4 Å². The number of pyridine rings is 1. The number of aromatic nitrogens is 1. The van der Waals surface area contributed by atoms with Crippen LogP contribution in [-0.4, -0.2) is 61.2 Å². The Morgan fingerprint density at radius 3 is 2.32 bits per heavy atom. The van der Waals surface area contributed by atoms with E-state index in [-0.39, 0.29) is 0 Å². The predicted octanol–water partition coefficient (Wildman–Crippen LogP) is 2.68. The van der Waals surface area contributed by atoms with Gasteiger partial charge in [0, 0.05) is 45.5 Å². The van der Waals surface area contributed by atoms with Crippen LogP contribution >= 0.6 is 0 Å². The van der Waals surface area contributed by atoms with Gasteiger partial charge in [0.05, 0.1) is 19.4 Å². The molecular weight excluding hydrogens is 314 g/mol. The molecule has 5 heteroatoms. The van der Waals surface area contributed by atoms with Gasteiger partial charge in [-0.2, -0.15) is 0 Å². The lowest BCUT2D eigenvalue weighted by atomic mass is 10.2. The van der Waals surface area contributed by atoms with Gasteiger partial charge in [0.15, 0.2) is 0 Å². The zero-order valence-corrected chi connectivity index (χ0v) is 14.9. The Morgan fingerprint density at radius 2 is 1.64 bits per heavy atom. The predicted molar refractivity (Wildman–Crippen MR) is 99.1 cm³/mol. The lowest BCUT2D eigenvalue weighted by molar-refractivity contribution is 0.120. The largest absolute Gasteiger partial charge is 0.497 e. The van der Waals surface area contributed by atoms with Crippen LogP contribution in [0.5, 0.6) is 11.5 Å². The standard InChI is InChI=1S/C20H27N3O2/c1-24-19-6-8-20(9-7-19)25-16-4-11-22-12-14-23(15-13-22)17-18-5-2-3-10-21-18/h2-3,5-10H,4,11-17H2,1H3. The summed E-state index contributed by atoms with van der Waals surface area (Å²) in [4.78, 5) is 9.41. The molecule has 1 aliphatic heterocycles. The fourth-order valence-electron chi connectivity index (χ4n) is 3.04. The molecule has 3 rings (SSSR count). The van der Waals surface area contributed by atoms with Crippen LogP contribution in [0.4, 0.5) is 0 Å². The van der Waals surface area contributed by atoms with Gasteiger partial charge in [-0.3, -0.25) is 9.88 Å². The van der Waals surface area contributed by atoms with Gasteiger partial charge in [-0.25, -0.2) is 0 Å². The van der Waals surface area contributed by atoms with E-state index in [4.69, 9.17) is 9.47 Å². The van der Waals surface area contributed by atoms with Crippen molar-refractivity contribution in [2.24, 2.45) is 0 Å². The lowest BCUT2D eigenvalue weighted by Crippen LogP contribution is -2.46. The Bertz CT molecular complexity index is 611. The van der Waals surface area contributed by atoms with Gasteiger partial charge in [-0.1, -0.05) is 6.07 Å². The molecule has 0 amide bonds. The summed E-state index contributed by atoms with van der Waals surface area (Å²) in [6.07, 6.45) is 2.92. The van der Waals surface area contributed by atoms with Gasteiger partial charge in [0.1, 0.15) is 11.5 Å². The first-order valence-electron chi connectivity index (χ1n) is 8.95. The lowest BCUT2D eigenvalue weighted by Gasteiger charge is -2.34. The smallest absolute Gasteiger partial charge is 0.119 e. The average Bonchev–Trinajstić information content (AvgIpc) is 2.68. The summed E-state index contributed by atoms with van der Waals surface area (Å²) in [6.45, 7) is 7.25. The molecule has 0 aliphatic carbocycles. The summed E-state index contributed by atoms with van der Waals surface area (Å²) in [5.74, 6) is 1.76. The van der Waals surface area contributed by atoms with Crippen molar-refractivity contribution in [1.82, 2.24) is 14.8 Å². The highest BCUT2D eigenvalue weighted by molar-refractivity contribution is 5.31. The molecule has 5 nitrogen and oxygen atoms in total. The second kappa shape index (κ2) is 9.39. The van der Waals surface area contributed by atoms with Crippen molar-refractivity contribution >= 4 is 0 Å². The van der Waals surface area contributed by atoms with E-state index in [1.807, 2.05) is 36.5 Å². The first-order chi connectivity index (χ1) is 12.3. The quantitative estimate of drug-likeness (QED) is 0.690. The highest BCUT2D eigenvalue weighted by Crippen LogP contribution is 2.17. The summed E-state index contributed by atoms with van der Waals surface area (Å²) in [5.41, 5.74) is 1.16. The molecule has 1 aromatic carbocycles. The number of nitrogens with zero attached hydrogens (tertiary/aromatic N) is 3. The van der Waals surface area contributed by atoms with Crippen molar-refractivity contribution in [1.29, 1.82) is 0 Å². The van der Waals surface area contributed by atoms with Crippen molar-refractivity contribution in [2.75, 3.05) is 46.4 Å². The van der Waals surface area contributed by atoms with Gasteiger partial charge in [-0.15, -0.1) is 0 Å². The van der Waals surface area contributed by atoms with Gasteiger partial charge in [0.2, 0.25) is 0 Å². The Kier molecular flexibility index (Phi) is 6.65. The van der Waals surface area contributed by atoms with Crippen LogP contribution in [0.25, 0.3) is 0 Å². The summed E-state index contributed by atoms with van der Waals surface area (Å²) < 4.78 is 10.9. The van der Waals surface area contributed by atoms with Crippen LogP contribution in [0.3, 0.4) is 0 Å². The molecule has 0 unspecified atom stereocenters. The Balaban J connectivity index is 1.30. The van der Waals surface area contributed by atoms with Crippen LogP contribution < -0.4 is 9.47 Å². The third kappa shape index (κ3) is 5.73. The number of ether oxygens (including phenoxy) is 2. The molecule has 25 heavy (non-hydrogen) atoms. The van der Waals surface area contributed by atoms with Crippen LogP contribution in [0, 0.1) is 0 Å². The first kappa shape index (κ1) is 17.7. The SMILES string of the molecule is COc1ccc(OCCCN2CCN(Cc3ccccn3)CC2)cc1. The minimum Gasteiger partial charge on any atom is -0.497 e. The molecule has 0 spiro atoms. The van der Waals surface area contributed by atoms with Crippen LogP contribution in [0.1, 0.15) is 12.1 Å². The minimum atomic E-state index is 0.750. The van der Waals surface area contributed by atoms with Crippen LogP contribution in [0.15, 0.2) is 48.7 Å². The topological polar surface area (TPSA) is 37.8 Å². The van der Waals surface area contributed by atoms with Gasteiger partial charge in [0.25, 0.3) is 0 Å². The maximum atomic E-state index is 5.80. The summed E-state index contributed by atoms with van der Waals surface area (Å²) in [5, 5.41) is 0. The molecule has 1 fully saturated rings. The molecule has 1 aliphatic rings.